The standard InChI is InChI=1S/C12H16N2O3/c1-16-10-6-4-5-9(13)11(10)12(15)14-7-2-3-8-17-14/h4-6H,2-3,7-8,13H2,1H3. The first-order valence-corrected chi connectivity index (χ1v) is 5.61. The van der Waals surface area contributed by atoms with Crippen molar-refractivity contribution in [2.24, 2.45) is 0 Å². The van der Waals surface area contributed by atoms with Crippen LogP contribution in [0.2, 0.25) is 0 Å². The summed E-state index contributed by atoms with van der Waals surface area (Å²) in [5.41, 5.74) is 6.60. The van der Waals surface area contributed by atoms with Gasteiger partial charge in [-0.25, -0.2) is 5.06 Å². The van der Waals surface area contributed by atoms with Crippen molar-refractivity contribution in [3.63, 3.8) is 0 Å². The van der Waals surface area contributed by atoms with Crippen LogP contribution in [0, 0.1) is 0 Å². The molecule has 1 aliphatic heterocycles. The molecule has 1 aromatic rings. The number of carbonyl (C=O) groups is 1. The molecule has 2 rings (SSSR count). The van der Waals surface area contributed by atoms with E-state index in [4.69, 9.17) is 15.3 Å². The molecule has 0 aromatic heterocycles. The fourth-order valence-corrected chi connectivity index (χ4v) is 1.83. The highest BCUT2D eigenvalue weighted by atomic mass is 16.7. The van der Waals surface area contributed by atoms with E-state index in [2.05, 4.69) is 0 Å². The van der Waals surface area contributed by atoms with Gasteiger partial charge in [0, 0.05) is 12.2 Å². The van der Waals surface area contributed by atoms with E-state index in [1.54, 1.807) is 18.2 Å². The van der Waals surface area contributed by atoms with Crippen molar-refractivity contribution < 1.29 is 14.4 Å². The summed E-state index contributed by atoms with van der Waals surface area (Å²) < 4.78 is 5.16. The van der Waals surface area contributed by atoms with Crippen LogP contribution in [0.25, 0.3) is 0 Å². The number of methoxy groups -OCH3 is 1. The summed E-state index contributed by atoms with van der Waals surface area (Å²) in [6, 6.07) is 5.15. The van der Waals surface area contributed by atoms with Crippen molar-refractivity contribution in [3.05, 3.63) is 23.8 Å². The van der Waals surface area contributed by atoms with Crippen LogP contribution in [0.1, 0.15) is 23.2 Å². The van der Waals surface area contributed by atoms with Gasteiger partial charge >= 0.3 is 0 Å². The molecule has 92 valence electrons. The van der Waals surface area contributed by atoms with Gasteiger partial charge in [-0.2, -0.15) is 0 Å². The van der Waals surface area contributed by atoms with E-state index in [9.17, 15) is 4.79 Å². The van der Waals surface area contributed by atoms with Crippen LogP contribution in [-0.2, 0) is 4.84 Å². The van der Waals surface area contributed by atoms with E-state index < -0.39 is 0 Å². The molecule has 1 heterocycles. The first kappa shape index (κ1) is 11.7. The number of hydrogen-bond donors (Lipinski definition) is 1. The number of nitrogen functional groups attached to an aromatic ring is 1. The molecule has 0 unspecified atom stereocenters. The van der Waals surface area contributed by atoms with Crippen LogP contribution in [-0.4, -0.2) is 31.2 Å². The molecule has 0 bridgehead atoms. The summed E-state index contributed by atoms with van der Waals surface area (Å²) in [4.78, 5) is 17.6. The molecule has 5 nitrogen and oxygen atoms in total. The molecule has 1 amide bonds. The molecular formula is C12H16N2O3. The summed E-state index contributed by atoms with van der Waals surface area (Å²) in [5.74, 6) is 0.240. The third-order valence-electron chi connectivity index (χ3n) is 2.72. The Labute approximate surface area is 100 Å². The molecule has 0 atom stereocenters. The van der Waals surface area contributed by atoms with Crippen molar-refractivity contribution in [1.82, 2.24) is 5.06 Å². The van der Waals surface area contributed by atoms with Crippen LogP contribution in [0.4, 0.5) is 5.69 Å². The number of hydroxylamine groups is 2. The zero-order valence-electron chi connectivity index (χ0n) is 9.81. The lowest BCUT2D eigenvalue weighted by Crippen LogP contribution is -2.36. The van der Waals surface area contributed by atoms with E-state index in [-0.39, 0.29) is 5.91 Å². The van der Waals surface area contributed by atoms with Crippen molar-refractivity contribution in [1.29, 1.82) is 0 Å². The van der Waals surface area contributed by atoms with E-state index in [0.29, 0.717) is 30.2 Å². The number of rotatable bonds is 2. The van der Waals surface area contributed by atoms with E-state index in [1.165, 1.54) is 12.2 Å². The maximum Gasteiger partial charge on any atom is 0.283 e. The molecule has 0 radical (unpaired) electrons. The predicted octanol–water partition coefficient (Wildman–Crippen LogP) is 1.45. The summed E-state index contributed by atoms with van der Waals surface area (Å²) in [6.07, 6.45) is 1.92. The minimum absolute atomic E-state index is 0.236. The molecule has 1 fully saturated rings. The van der Waals surface area contributed by atoms with Crippen LogP contribution < -0.4 is 10.5 Å². The molecule has 1 aromatic carbocycles. The van der Waals surface area contributed by atoms with E-state index >= 15 is 0 Å². The van der Waals surface area contributed by atoms with Gasteiger partial charge in [-0.3, -0.25) is 9.63 Å². The highest BCUT2D eigenvalue weighted by Crippen LogP contribution is 2.26. The summed E-state index contributed by atoms with van der Waals surface area (Å²) >= 11 is 0. The molecule has 5 heteroatoms. The van der Waals surface area contributed by atoms with E-state index in [0.717, 1.165) is 12.8 Å². The average molecular weight is 236 g/mol. The SMILES string of the molecule is COc1cccc(N)c1C(=O)N1CCCCO1. The Morgan fingerprint density at radius 1 is 1.47 bits per heavy atom. The largest absolute Gasteiger partial charge is 0.496 e. The minimum Gasteiger partial charge on any atom is -0.496 e. The number of carbonyl (C=O) groups excluding carboxylic acids is 1. The first-order chi connectivity index (χ1) is 8.24. The lowest BCUT2D eigenvalue weighted by atomic mass is 10.1. The summed E-state index contributed by atoms with van der Waals surface area (Å²) in [7, 11) is 1.52. The van der Waals surface area contributed by atoms with Gasteiger partial charge in [-0.15, -0.1) is 0 Å². The first-order valence-electron chi connectivity index (χ1n) is 5.61. The molecular weight excluding hydrogens is 220 g/mol. The zero-order valence-corrected chi connectivity index (χ0v) is 9.81. The van der Waals surface area contributed by atoms with Crippen molar-refractivity contribution in [2.75, 3.05) is 26.0 Å². The van der Waals surface area contributed by atoms with Gasteiger partial charge < -0.3 is 10.5 Å². The Bertz CT molecular complexity index is 414. The van der Waals surface area contributed by atoms with Gasteiger partial charge in [-0.05, 0) is 25.0 Å². The number of ether oxygens (including phenoxy) is 1. The molecule has 0 aliphatic carbocycles. The normalized spacial score (nSPS) is 15.7. The summed E-state index contributed by atoms with van der Waals surface area (Å²) in [5, 5.41) is 1.36. The minimum atomic E-state index is -0.236. The van der Waals surface area contributed by atoms with Crippen LogP contribution in [0.15, 0.2) is 18.2 Å². The second-order valence-corrected chi connectivity index (χ2v) is 3.87. The highest BCUT2D eigenvalue weighted by molar-refractivity contribution is 6.01. The molecule has 1 saturated heterocycles. The second-order valence-electron chi connectivity index (χ2n) is 3.87. The quantitative estimate of drug-likeness (QED) is 0.789. The number of nitrogens with zero attached hydrogens (tertiary/aromatic N) is 1. The van der Waals surface area contributed by atoms with Gasteiger partial charge in [0.1, 0.15) is 11.3 Å². The zero-order chi connectivity index (χ0) is 12.3. The third kappa shape index (κ3) is 2.34. The fraction of sp³-hybridized carbons (Fsp3) is 0.417. The molecule has 2 N–H and O–H groups in total. The van der Waals surface area contributed by atoms with Gasteiger partial charge in [0.2, 0.25) is 0 Å². The van der Waals surface area contributed by atoms with Gasteiger partial charge in [0.15, 0.2) is 0 Å². The number of amides is 1. The third-order valence-corrected chi connectivity index (χ3v) is 2.72. The Balaban J connectivity index is 2.29. The second kappa shape index (κ2) is 5.05. The topological polar surface area (TPSA) is 64.8 Å². The van der Waals surface area contributed by atoms with Crippen molar-refractivity contribution in [2.45, 2.75) is 12.8 Å². The van der Waals surface area contributed by atoms with Gasteiger partial charge in [-0.1, -0.05) is 6.07 Å². The van der Waals surface area contributed by atoms with Crippen molar-refractivity contribution >= 4 is 11.6 Å². The molecule has 1 aliphatic rings. The Morgan fingerprint density at radius 3 is 2.94 bits per heavy atom. The van der Waals surface area contributed by atoms with Crippen LogP contribution in [0.5, 0.6) is 5.75 Å². The van der Waals surface area contributed by atoms with Crippen molar-refractivity contribution in [3.8, 4) is 5.75 Å². The maximum absolute atomic E-state index is 12.2. The lowest BCUT2D eigenvalue weighted by molar-refractivity contribution is -0.144. The van der Waals surface area contributed by atoms with Crippen LogP contribution in [0.3, 0.4) is 0 Å². The van der Waals surface area contributed by atoms with Crippen LogP contribution >= 0.6 is 0 Å². The Kier molecular flexibility index (Phi) is 3.49. The predicted molar refractivity (Wildman–Crippen MR) is 63.6 cm³/mol. The Morgan fingerprint density at radius 2 is 2.29 bits per heavy atom. The lowest BCUT2D eigenvalue weighted by Gasteiger charge is -2.26. The average Bonchev–Trinajstić information content (AvgIpc) is 2.38. The van der Waals surface area contributed by atoms with Gasteiger partial charge in [0.05, 0.1) is 13.7 Å². The monoisotopic (exact) mass is 236 g/mol. The van der Waals surface area contributed by atoms with E-state index in [1.807, 2.05) is 0 Å². The highest BCUT2D eigenvalue weighted by Gasteiger charge is 2.24. The Hall–Kier alpha value is -1.75. The number of nitrogens with two attached hydrogens (primary N) is 1. The van der Waals surface area contributed by atoms with Gasteiger partial charge in [0.25, 0.3) is 5.91 Å². The fourth-order valence-electron chi connectivity index (χ4n) is 1.83. The molecule has 17 heavy (non-hydrogen) atoms. The molecule has 0 saturated carbocycles. The number of hydrogen-bond acceptors (Lipinski definition) is 4. The summed E-state index contributed by atoms with van der Waals surface area (Å²) in [6.45, 7) is 1.16. The number of anilines is 1. The maximum atomic E-state index is 12.2. The molecule has 0 spiro atoms. The smallest absolute Gasteiger partial charge is 0.283 e. The number of benzene rings is 1.